The summed E-state index contributed by atoms with van der Waals surface area (Å²) in [6, 6.07) is 3.61. The van der Waals surface area contributed by atoms with Crippen molar-refractivity contribution in [2.45, 2.75) is 6.04 Å². The molecule has 0 bridgehead atoms. The number of nitrogens with zero attached hydrogens (tertiary/aromatic N) is 5. The first-order chi connectivity index (χ1) is 11.6. The topological polar surface area (TPSA) is 73.0 Å². The van der Waals surface area contributed by atoms with E-state index in [2.05, 4.69) is 10.3 Å². The Morgan fingerprint density at radius 3 is 2.88 bits per heavy atom. The normalized spacial score (nSPS) is 14.6. The van der Waals surface area contributed by atoms with Crippen molar-refractivity contribution in [1.29, 1.82) is 0 Å². The van der Waals surface area contributed by atoms with Crippen LogP contribution in [0.2, 0.25) is 0 Å². The summed E-state index contributed by atoms with van der Waals surface area (Å²) in [4.78, 5) is 26.6. The maximum atomic E-state index is 12.9. The molecule has 3 aromatic rings. The maximum Gasteiger partial charge on any atom is 0.256 e. The highest BCUT2D eigenvalue weighted by atomic mass is 32.1. The van der Waals surface area contributed by atoms with Crippen LogP contribution in [0, 0.1) is 0 Å². The van der Waals surface area contributed by atoms with Gasteiger partial charge in [0.1, 0.15) is 0 Å². The molecule has 1 amide bonds. The lowest BCUT2D eigenvalue weighted by atomic mass is 10.0. The standard InChI is InChI=1S/C16H15N5O2S/c1-19-9-14(13(6-15(19)22)11-2-5-24-10-11)16(23)20-7-12(8-20)21-4-3-17-18-21/h2-6,9-10,12H,7-8H2,1H3. The molecule has 0 unspecified atom stereocenters. The van der Waals surface area contributed by atoms with Gasteiger partial charge in [-0.15, -0.1) is 5.10 Å². The van der Waals surface area contributed by atoms with Crippen molar-refractivity contribution in [2.24, 2.45) is 7.05 Å². The second-order valence-corrected chi connectivity index (χ2v) is 6.59. The Labute approximate surface area is 141 Å². The predicted molar refractivity (Wildman–Crippen MR) is 90.0 cm³/mol. The number of pyridine rings is 1. The quantitative estimate of drug-likeness (QED) is 0.722. The lowest BCUT2D eigenvalue weighted by Crippen LogP contribution is -2.51. The molecule has 1 saturated heterocycles. The van der Waals surface area contributed by atoms with Crippen molar-refractivity contribution in [1.82, 2.24) is 24.5 Å². The third kappa shape index (κ3) is 2.44. The van der Waals surface area contributed by atoms with E-state index in [4.69, 9.17) is 0 Å². The van der Waals surface area contributed by atoms with Crippen LogP contribution < -0.4 is 5.56 Å². The first-order valence-corrected chi connectivity index (χ1v) is 8.46. The van der Waals surface area contributed by atoms with E-state index in [1.165, 1.54) is 22.0 Å². The van der Waals surface area contributed by atoms with Gasteiger partial charge >= 0.3 is 0 Å². The Morgan fingerprint density at radius 2 is 2.21 bits per heavy atom. The number of carbonyl (C=O) groups is 1. The summed E-state index contributed by atoms with van der Waals surface area (Å²) < 4.78 is 3.21. The van der Waals surface area contributed by atoms with E-state index >= 15 is 0 Å². The highest BCUT2D eigenvalue weighted by Crippen LogP contribution is 2.28. The van der Waals surface area contributed by atoms with Crippen LogP contribution in [0.4, 0.5) is 0 Å². The van der Waals surface area contributed by atoms with E-state index in [9.17, 15) is 9.59 Å². The third-order valence-electron chi connectivity index (χ3n) is 4.26. The van der Waals surface area contributed by atoms with Crippen LogP contribution in [-0.2, 0) is 7.05 Å². The second kappa shape index (κ2) is 5.72. The summed E-state index contributed by atoms with van der Waals surface area (Å²) in [6.45, 7) is 1.18. The zero-order valence-corrected chi connectivity index (χ0v) is 13.8. The molecule has 4 heterocycles. The van der Waals surface area contributed by atoms with Gasteiger partial charge in [-0.05, 0) is 22.4 Å². The Kier molecular flexibility index (Phi) is 3.53. The molecular formula is C16H15N5O2S. The van der Waals surface area contributed by atoms with Gasteiger partial charge in [-0.25, -0.2) is 4.68 Å². The lowest BCUT2D eigenvalue weighted by Gasteiger charge is -2.39. The van der Waals surface area contributed by atoms with Crippen molar-refractivity contribution in [3.05, 3.63) is 57.4 Å². The van der Waals surface area contributed by atoms with E-state index < -0.39 is 0 Å². The van der Waals surface area contributed by atoms with Gasteiger partial charge in [0.25, 0.3) is 11.5 Å². The highest BCUT2D eigenvalue weighted by molar-refractivity contribution is 7.08. The monoisotopic (exact) mass is 341 g/mol. The molecule has 0 radical (unpaired) electrons. The molecule has 1 fully saturated rings. The minimum absolute atomic E-state index is 0.0665. The minimum Gasteiger partial charge on any atom is -0.334 e. The number of hydrogen-bond donors (Lipinski definition) is 0. The molecule has 0 N–H and O–H groups in total. The summed E-state index contributed by atoms with van der Waals surface area (Å²) in [5.74, 6) is -0.0665. The molecule has 0 atom stereocenters. The van der Waals surface area contributed by atoms with Crippen molar-refractivity contribution in [3.8, 4) is 11.1 Å². The van der Waals surface area contributed by atoms with Gasteiger partial charge in [0.15, 0.2) is 0 Å². The maximum absolute atomic E-state index is 12.9. The van der Waals surface area contributed by atoms with Gasteiger partial charge < -0.3 is 9.47 Å². The molecule has 0 spiro atoms. The number of likely N-dealkylation sites (tertiary alicyclic amines) is 1. The second-order valence-electron chi connectivity index (χ2n) is 5.81. The smallest absolute Gasteiger partial charge is 0.256 e. The number of carbonyl (C=O) groups excluding carboxylic acids is 1. The summed E-state index contributed by atoms with van der Waals surface area (Å²) in [5.41, 5.74) is 2.01. The first-order valence-electron chi connectivity index (χ1n) is 7.52. The van der Waals surface area contributed by atoms with Crippen molar-refractivity contribution >= 4 is 17.2 Å². The van der Waals surface area contributed by atoms with Crippen molar-refractivity contribution < 1.29 is 4.79 Å². The SMILES string of the molecule is Cn1cc(C(=O)N2CC(n3ccnn3)C2)c(-c2ccsc2)cc1=O. The van der Waals surface area contributed by atoms with Crippen LogP contribution in [0.15, 0.2) is 46.3 Å². The number of thiophene rings is 1. The molecule has 7 nitrogen and oxygen atoms in total. The van der Waals surface area contributed by atoms with Gasteiger partial charge in [0.2, 0.25) is 0 Å². The molecule has 122 valence electrons. The first kappa shape index (κ1) is 14.8. The Morgan fingerprint density at radius 1 is 1.38 bits per heavy atom. The van der Waals surface area contributed by atoms with Crippen LogP contribution in [0.1, 0.15) is 16.4 Å². The van der Waals surface area contributed by atoms with E-state index in [1.54, 1.807) is 35.2 Å². The Hall–Kier alpha value is -2.74. The fraction of sp³-hybridized carbons (Fsp3) is 0.250. The number of aromatic nitrogens is 4. The summed E-state index contributed by atoms with van der Waals surface area (Å²) in [7, 11) is 1.66. The number of rotatable bonds is 3. The molecular weight excluding hydrogens is 326 g/mol. The number of aryl methyl sites for hydroxylation is 1. The summed E-state index contributed by atoms with van der Waals surface area (Å²) in [5, 5.41) is 11.6. The Bertz CT molecular complexity index is 924. The van der Waals surface area contributed by atoms with E-state index in [-0.39, 0.29) is 17.5 Å². The van der Waals surface area contributed by atoms with E-state index in [0.29, 0.717) is 24.2 Å². The lowest BCUT2D eigenvalue weighted by molar-refractivity contribution is 0.0498. The van der Waals surface area contributed by atoms with Crippen molar-refractivity contribution in [3.63, 3.8) is 0 Å². The highest BCUT2D eigenvalue weighted by Gasteiger charge is 2.34. The predicted octanol–water partition coefficient (Wildman–Crippen LogP) is 1.40. The summed E-state index contributed by atoms with van der Waals surface area (Å²) in [6.07, 6.45) is 5.06. The molecule has 1 aliphatic rings. The molecule has 8 heteroatoms. The molecule has 0 saturated carbocycles. The summed E-state index contributed by atoms with van der Waals surface area (Å²) >= 11 is 1.54. The fourth-order valence-corrected chi connectivity index (χ4v) is 3.48. The van der Waals surface area contributed by atoms with Crippen molar-refractivity contribution in [2.75, 3.05) is 13.1 Å². The van der Waals surface area contributed by atoms with Crippen LogP contribution >= 0.6 is 11.3 Å². The fourth-order valence-electron chi connectivity index (χ4n) is 2.83. The number of hydrogen-bond acceptors (Lipinski definition) is 5. The third-order valence-corrected chi connectivity index (χ3v) is 4.94. The molecule has 24 heavy (non-hydrogen) atoms. The van der Waals surface area contributed by atoms with Gasteiger partial charge in [-0.2, -0.15) is 11.3 Å². The van der Waals surface area contributed by atoms with Crippen LogP contribution in [0.5, 0.6) is 0 Å². The van der Waals surface area contributed by atoms with Crippen LogP contribution in [0.25, 0.3) is 11.1 Å². The largest absolute Gasteiger partial charge is 0.334 e. The average Bonchev–Trinajstić information content (AvgIpc) is 3.21. The molecule has 1 aliphatic heterocycles. The average molecular weight is 341 g/mol. The van der Waals surface area contributed by atoms with Crippen LogP contribution in [0.3, 0.4) is 0 Å². The number of amides is 1. The van der Waals surface area contributed by atoms with E-state index in [1.807, 2.05) is 16.8 Å². The van der Waals surface area contributed by atoms with Gasteiger partial charge in [0.05, 0.1) is 17.8 Å². The molecule has 0 aromatic carbocycles. The zero-order valence-electron chi connectivity index (χ0n) is 13.0. The zero-order chi connectivity index (χ0) is 16.7. The van der Waals surface area contributed by atoms with Crippen LogP contribution in [-0.4, -0.2) is 43.5 Å². The molecule has 0 aliphatic carbocycles. The molecule has 3 aromatic heterocycles. The van der Waals surface area contributed by atoms with Gasteiger partial charge in [-0.1, -0.05) is 5.21 Å². The van der Waals surface area contributed by atoms with Gasteiger partial charge in [0, 0.05) is 44.2 Å². The van der Waals surface area contributed by atoms with Gasteiger partial charge in [-0.3, -0.25) is 9.59 Å². The minimum atomic E-state index is -0.128. The molecule has 4 rings (SSSR count). The Balaban J connectivity index is 1.63. The van der Waals surface area contributed by atoms with E-state index in [0.717, 1.165) is 5.56 Å².